The molecular formula is C16H16N6. The number of para-hydroxylation sites is 1. The van der Waals surface area contributed by atoms with Crippen LogP contribution in [0.4, 0.5) is 5.69 Å². The normalized spacial score (nSPS) is 11.8. The minimum Gasteiger partial charge on any atom is -0.370 e. The maximum absolute atomic E-state index is 5.67. The Balaban J connectivity index is 2.21. The summed E-state index contributed by atoms with van der Waals surface area (Å²) in [6, 6.07) is 13.9. The first-order chi connectivity index (χ1) is 10.5. The highest BCUT2D eigenvalue weighted by Gasteiger charge is 2.06. The monoisotopic (exact) mass is 292 g/mol. The number of aromatic nitrogens is 1. The lowest BCUT2D eigenvalue weighted by Gasteiger charge is -2.07. The van der Waals surface area contributed by atoms with E-state index in [2.05, 4.69) is 21.0 Å². The Labute approximate surface area is 127 Å². The maximum Gasteiger partial charge on any atom is 0.223 e. The van der Waals surface area contributed by atoms with Crippen LogP contribution < -0.4 is 17.2 Å². The molecule has 0 amide bonds. The Bertz CT molecular complexity index is 922. The number of rotatable bonds is 1. The molecule has 6 nitrogen and oxygen atoms in total. The predicted molar refractivity (Wildman–Crippen MR) is 91.1 cm³/mol. The Morgan fingerprint density at radius 3 is 2.50 bits per heavy atom. The van der Waals surface area contributed by atoms with Crippen LogP contribution in [-0.2, 0) is 0 Å². The summed E-state index contributed by atoms with van der Waals surface area (Å²) in [5, 5.41) is 3.26. The zero-order valence-electron chi connectivity index (χ0n) is 12.1. The third kappa shape index (κ3) is 2.54. The fourth-order valence-electron chi connectivity index (χ4n) is 2.47. The van der Waals surface area contributed by atoms with E-state index >= 15 is 0 Å². The van der Waals surface area contributed by atoms with Gasteiger partial charge in [0.05, 0.1) is 11.2 Å². The average molecular weight is 292 g/mol. The summed E-state index contributed by atoms with van der Waals surface area (Å²) in [4.78, 5) is 12.5. The van der Waals surface area contributed by atoms with E-state index in [1.807, 2.05) is 43.3 Å². The van der Waals surface area contributed by atoms with Crippen molar-refractivity contribution in [2.24, 2.45) is 27.2 Å². The SMILES string of the molecule is Cc1nc2ccccc2c2ccc(N=C(N)N=C(N)N)cc12. The Morgan fingerprint density at radius 2 is 1.73 bits per heavy atom. The number of nitrogens with zero attached hydrogens (tertiary/aromatic N) is 3. The van der Waals surface area contributed by atoms with Gasteiger partial charge in [0.15, 0.2) is 5.96 Å². The molecule has 0 aliphatic carbocycles. The van der Waals surface area contributed by atoms with E-state index in [1.165, 1.54) is 0 Å². The highest BCUT2D eigenvalue weighted by atomic mass is 15.1. The number of guanidine groups is 2. The molecule has 0 radical (unpaired) electrons. The molecule has 0 fully saturated rings. The number of hydrogen-bond acceptors (Lipinski definition) is 2. The largest absolute Gasteiger partial charge is 0.370 e. The summed E-state index contributed by atoms with van der Waals surface area (Å²) in [6.07, 6.45) is 0. The van der Waals surface area contributed by atoms with Crippen molar-refractivity contribution >= 4 is 39.3 Å². The first kappa shape index (κ1) is 13.8. The highest BCUT2D eigenvalue weighted by Crippen LogP contribution is 2.29. The summed E-state index contributed by atoms with van der Waals surface area (Å²) in [5.41, 5.74) is 18.8. The van der Waals surface area contributed by atoms with Crippen LogP contribution in [-0.4, -0.2) is 16.9 Å². The smallest absolute Gasteiger partial charge is 0.223 e. The van der Waals surface area contributed by atoms with Gasteiger partial charge in [0.1, 0.15) is 0 Å². The third-order valence-electron chi connectivity index (χ3n) is 3.36. The van der Waals surface area contributed by atoms with Crippen molar-refractivity contribution in [3.8, 4) is 0 Å². The third-order valence-corrected chi connectivity index (χ3v) is 3.36. The molecule has 0 saturated heterocycles. The van der Waals surface area contributed by atoms with Gasteiger partial charge in [-0.25, -0.2) is 4.99 Å². The van der Waals surface area contributed by atoms with E-state index in [0.717, 1.165) is 27.4 Å². The summed E-state index contributed by atoms with van der Waals surface area (Å²) in [6.45, 7) is 1.97. The molecule has 0 aliphatic rings. The van der Waals surface area contributed by atoms with Crippen molar-refractivity contribution in [1.82, 2.24) is 4.98 Å². The number of aryl methyl sites for hydroxylation is 1. The molecule has 6 N–H and O–H groups in total. The summed E-state index contributed by atoms with van der Waals surface area (Å²) in [7, 11) is 0. The van der Waals surface area contributed by atoms with Crippen LogP contribution in [0.15, 0.2) is 52.4 Å². The molecule has 1 aromatic heterocycles. The van der Waals surface area contributed by atoms with Crippen LogP contribution in [0, 0.1) is 6.92 Å². The molecule has 0 atom stereocenters. The molecule has 110 valence electrons. The summed E-state index contributed by atoms with van der Waals surface area (Å²) >= 11 is 0. The van der Waals surface area contributed by atoms with Gasteiger partial charge < -0.3 is 17.2 Å². The second-order valence-electron chi connectivity index (χ2n) is 4.95. The van der Waals surface area contributed by atoms with E-state index in [4.69, 9.17) is 17.2 Å². The summed E-state index contributed by atoms with van der Waals surface area (Å²) < 4.78 is 0. The van der Waals surface area contributed by atoms with Crippen LogP contribution >= 0.6 is 0 Å². The highest BCUT2D eigenvalue weighted by molar-refractivity contribution is 6.07. The van der Waals surface area contributed by atoms with Gasteiger partial charge in [-0.3, -0.25) is 4.98 Å². The molecule has 0 bridgehead atoms. The lowest BCUT2D eigenvalue weighted by molar-refractivity contribution is 1.29. The number of nitrogens with two attached hydrogens (primary N) is 3. The quantitative estimate of drug-likeness (QED) is 0.361. The summed E-state index contributed by atoms with van der Waals surface area (Å²) in [5.74, 6) is -0.100. The molecule has 0 unspecified atom stereocenters. The molecule has 0 saturated carbocycles. The second-order valence-corrected chi connectivity index (χ2v) is 4.95. The Hall–Kier alpha value is -3.15. The maximum atomic E-state index is 5.67. The van der Waals surface area contributed by atoms with E-state index in [1.54, 1.807) is 0 Å². The van der Waals surface area contributed by atoms with Crippen LogP contribution in [0.3, 0.4) is 0 Å². The first-order valence-corrected chi connectivity index (χ1v) is 6.77. The number of benzene rings is 2. The fraction of sp³-hybridized carbons (Fsp3) is 0.0625. The molecule has 22 heavy (non-hydrogen) atoms. The van der Waals surface area contributed by atoms with Gasteiger partial charge in [-0.1, -0.05) is 24.3 Å². The van der Waals surface area contributed by atoms with Crippen molar-refractivity contribution in [2.75, 3.05) is 0 Å². The van der Waals surface area contributed by atoms with Gasteiger partial charge in [0.2, 0.25) is 5.96 Å². The van der Waals surface area contributed by atoms with Crippen LogP contribution in [0.2, 0.25) is 0 Å². The van der Waals surface area contributed by atoms with E-state index < -0.39 is 0 Å². The molecular weight excluding hydrogens is 276 g/mol. The van der Waals surface area contributed by atoms with Crippen molar-refractivity contribution in [1.29, 1.82) is 0 Å². The van der Waals surface area contributed by atoms with Crippen LogP contribution in [0.5, 0.6) is 0 Å². The van der Waals surface area contributed by atoms with Gasteiger partial charge in [-0.2, -0.15) is 4.99 Å². The zero-order chi connectivity index (χ0) is 15.7. The van der Waals surface area contributed by atoms with Gasteiger partial charge in [-0.15, -0.1) is 0 Å². The second kappa shape index (κ2) is 5.33. The van der Waals surface area contributed by atoms with E-state index in [0.29, 0.717) is 5.69 Å². The Kier molecular flexibility index (Phi) is 3.34. The lowest BCUT2D eigenvalue weighted by Crippen LogP contribution is -2.26. The van der Waals surface area contributed by atoms with Crippen LogP contribution in [0.25, 0.3) is 21.7 Å². The molecule has 6 heteroatoms. The molecule has 1 heterocycles. The predicted octanol–water partition coefficient (Wildman–Crippen LogP) is 1.92. The van der Waals surface area contributed by atoms with Crippen molar-refractivity contribution in [2.45, 2.75) is 6.92 Å². The first-order valence-electron chi connectivity index (χ1n) is 6.77. The lowest BCUT2D eigenvalue weighted by atomic mass is 10.0. The van der Waals surface area contributed by atoms with E-state index in [-0.39, 0.29) is 11.9 Å². The average Bonchev–Trinajstić information content (AvgIpc) is 2.46. The molecule has 0 spiro atoms. The minimum absolute atomic E-state index is 0.0192. The zero-order valence-corrected chi connectivity index (χ0v) is 12.1. The molecule has 3 aromatic rings. The topological polar surface area (TPSA) is 116 Å². The molecule has 2 aromatic carbocycles. The minimum atomic E-state index is -0.120. The van der Waals surface area contributed by atoms with Crippen LogP contribution in [0.1, 0.15) is 5.69 Å². The number of aliphatic imine (C=N–C) groups is 2. The van der Waals surface area contributed by atoms with Crippen molar-refractivity contribution in [3.63, 3.8) is 0 Å². The number of pyridine rings is 1. The van der Waals surface area contributed by atoms with E-state index in [9.17, 15) is 0 Å². The molecule has 0 aliphatic heterocycles. The van der Waals surface area contributed by atoms with Gasteiger partial charge in [0.25, 0.3) is 0 Å². The number of hydrogen-bond donors (Lipinski definition) is 3. The Morgan fingerprint density at radius 1 is 0.955 bits per heavy atom. The van der Waals surface area contributed by atoms with Crippen molar-refractivity contribution < 1.29 is 0 Å². The van der Waals surface area contributed by atoms with Gasteiger partial charge in [-0.05, 0) is 30.5 Å². The van der Waals surface area contributed by atoms with Gasteiger partial charge >= 0.3 is 0 Å². The van der Waals surface area contributed by atoms with Gasteiger partial charge in [0, 0.05) is 16.5 Å². The van der Waals surface area contributed by atoms with Crippen molar-refractivity contribution in [3.05, 3.63) is 48.2 Å². The fourth-order valence-corrected chi connectivity index (χ4v) is 2.47. The standard InChI is InChI=1S/C16H16N6/c1-9-13-8-10(21-16(19)22-15(17)18)6-7-11(13)12-4-2-3-5-14(12)20-9/h2-8H,1H3,(H6,17,18,19,21,22). The number of fused-ring (bicyclic) bond motifs is 3. The molecule has 3 rings (SSSR count).